The van der Waals surface area contributed by atoms with Crippen molar-refractivity contribution >= 4 is 11.6 Å². The van der Waals surface area contributed by atoms with Gasteiger partial charge in [-0.05, 0) is 31.5 Å². The van der Waals surface area contributed by atoms with Crippen LogP contribution in [0.5, 0.6) is 0 Å². The molecular formula is C14H17N3O2. The predicted octanol–water partition coefficient (Wildman–Crippen LogP) is 1.50. The van der Waals surface area contributed by atoms with E-state index < -0.39 is 0 Å². The van der Waals surface area contributed by atoms with Gasteiger partial charge in [0.2, 0.25) is 0 Å². The van der Waals surface area contributed by atoms with Crippen LogP contribution in [0.2, 0.25) is 0 Å². The van der Waals surface area contributed by atoms with Gasteiger partial charge in [-0.15, -0.1) is 0 Å². The van der Waals surface area contributed by atoms with Gasteiger partial charge in [-0.2, -0.15) is 0 Å². The molecule has 0 aromatic carbocycles. The Balaban J connectivity index is 1.92. The van der Waals surface area contributed by atoms with Crippen LogP contribution in [0.25, 0.3) is 5.65 Å². The molecular weight excluding hydrogens is 242 g/mol. The fourth-order valence-electron chi connectivity index (χ4n) is 2.36. The molecule has 5 heteroatoms. The zero-order valence-corrected chi connectivity index (χ0v) is 11.2. The molecule has 5 nitrogen and oxygen atoms in total. The first-order valence-corrected chi connectivity index (χ1v) is 6.49. The van der Waals surface area contributed by atoms with Crippen molar-refractivity contribution in [2.75, 3.05) is 19.8 Å². The molecule has 1 fully saturated rings. The van der Waals surface area contributed by atoms with E-state index in [-0.39, 0.29) is 11.9 Å². The highest BCUT2D eigenvalue weighted by Gasteiger charge is 2.26. The molecule has 1 unspecified atom stereocenters. The number of carbonyl (C=O) groups is 1. The summed E-state index contributed by atoms with van der Waals surface area (Å²) >= 11 is 0. The lowest BCUT2D eigenvalue weighted by atomic mass is 10.2. The van der Waals surface area contributed by atoms with Crippen molar-refractivity contribution in [3.63, 3.8) is 0 Å². The highest BCUT2D eigenvalue weighted by atomic mass is 16.5. The Morgan fingerprint density at radius 3 is 3.16 bits per heavy atom. The third kappa shape index (κ3) is 2.21. The zero-order chi connectivity index (χ0) is 13.4. The van der Waals surface area contributed by atoms with E-state index in [0.717, 1.165) is 11.2 Å². The molecule has 0 aliphatic carbocycles. The van der Waals surface area contributed by atoms with Crippen molar-refractivity contribution < 1.29 is 9.53 Å². The van der Waals surface area contributed by atoms with E-state index in [4.69, 9.17) is 4.74 Å². The second kappa shape index (κ2) is 4.66. The van der Waals surface area contributed by atoms with Gasteiger partial charge in [0.1, 0.15) is 11.3 Å². The van der Waals surface area contributed by atoms with Crippen molar-refractivity contribution in [3.8, 4) is 0 Å². The molecule has 2 aromatic heterocycles. The van der Waals surface area contributed by atoms with Gasteiger partial charge in [0.05, 0.1) is 19.3 Å². The number of aromatic nitrogens is 2. The number of pyridine rings is 1. The van der Waals surface area contributed by atoms with Gasteiger partial charge in [0, 0.05) is 18.9 Å². The van der Waals surface area contributed by atoms with Crippen molar-refractivity contribution in [3.05, 3.63) is 35.8 Å². The minimum atomic E-state index is -0.0165. The summed E-state index contributed by atoms with van der Waals surface area (Å²) in [4.78, 5) is 18.7. The summed E-state index contributed by atoms with van der Waals surface area (Å²) in [5.41, 5.74) is 2.44. The average molecular weight is 259 g/mol. The predicted molar refractivity (Wildman–Crippen MR) is 71.2 cm³/mol. The van der Waals surface area contributed by atoms with Crippen LogP contribution in [0.15, 0.2) is 24.5 Å². The number of carbonyl (C=O) groups excluding carboxylic acids is 1. The maximum atomic E-state index is 12.5. The Hall–Kier alpha value is -1.88. The van der Waals surface area contributed by atoms with Crippen molar-refractivity contribution in [1.29, 1.82) is 0 Å². The van der Waals surface area contributed by atoms with Crippen LogP contribution in [-0.4, -0.2) is 46.0 Å². The van der Waals surface area contributed by atoms with Crippen LogP contribution in [0.1, 0.15) is 23.0 Å². The SMILES string of the molecule is Cc1ccn2cc(C(=O)N3CCOCC3C)nc2c1. The van der Waals surface area contributed by atoms with E-state index in [1.54, 1.807) is 6.20 Å². The van der Waals surface area contributed by atoms with Crippen LogP contribution in [0, 0.1) is 6.92 Å². The fraction of sp³-hybridized carbons (Fsp3) is 0.429. The summed E-state index contributed by atoms with van der Waals surface area (Å²) in [6, 6.07) is 4.08. The van der Waals surface area contributed by atoms with Crippen LogP contribution >= 0.6 is 0 Å². The molecule has 0 saturated carbocycles. The molecule has 3 rings (SSSR count). The van der Waals surface area contributed by atoms with Crippen molar-refractivity contribution in [2.24, 2.45) is 0 Å². The highest BCUT2D eigenvalue weighted by molar-refractivity contribution is 5.93. The van der Waals surface area contributed by atoms with Crippen molar-refractivity contribution in [2.45, 2.75) is 19.9 Å². The Labute approximate surface area is 111 Å². The average Bonchev–Trinajstić information content (AvgIpc) is 2.81. The highest BCUT2D eigenvalue weighted by Crippen LogP contribution is 2.13. The summed E-state index contributed by atoms with van der Waals surface area (Å²) in [7, 11) is 0. The summed E-state index contributed by atoms with van der Waals surface area (Å²) in [6.07, 6.45) is 3.72. The summed E-state index contributed by atoms with van der Waals surface area (Å²) in [5, 5.41) is 0. The van der Waals surface area contributed by atoms with E-state index >= 15 is 0 Å². The molecule has 1 saturated heterocycles. The number of ether oxygens (including phenoxy) is 1. The van der Waals surface area contributed by atoms with Crippen LogP contribution in [0.4, 0.5) is 0 Å². The maximum absolute atomic E-state index is 12.5. The number of aryl methyl sites for hydroxylation is 1. The number of hydrogen-bond donors (Lipinski definition) is 0. The molecule has 1 amide bonds. The number of imidazole rings is 1. The van der Waals surface area contributed by atoms with Gasteiger partial charge < -0.3 is 14.0 Å². The second-order valence-corrected chi connectivity index (χ2v) is 5.02. The van der Waals surface area contributed by atoms with Crippen molar-refractivity contribution in [1.82, 2.24) is 14.3 Å². The first-order chi connectivity index (χ1) is 9.15. The van der Waals surface area contributed by atoms with E-state index in [2.05, 4.69) is 4.98 Å². The summed E-state index contributed by atoms with van der Waals surface area (Å²) in [6.45, 7) is 5.84. The molecule has 0 N–H and O–H groups in total. The molecule has 2 aromatic rings. The number of amides is 1. The van der Waals surface area contributed by atoms with E-state index in [1.807, 2.05) is 41.5 Å². The minimum Gasteiger partial charge on any atom is -0.377 e. The summed E-state index contributed by atoms with van der Waals surface area (Å²) < 4.78 is 7.23. The first kappa shape index (κ1) is 12.2. The second-order valence-electron chi connectivity index (χ2n) is 5.02. The summed E-state index contributed by atoms with van der Waals surface area (Å²) in [5.74, 6) is -0.0165. The fourth-order valence-corrected chi connectivity index (χ4v) is 2.36. The quantitative estimate of drug-likeness (QED) is 0.779. The molecule has 100 valence electrons. The Morgan fingerprint density at radius 2 is 2.37 bits per heavy atom. The molecule has 0 spiro atoms. The van der Waals surface area contributed by atoms with E-state index in [0.29, 0.717) is 25.5 Å². The maximum Gasteiger partial charge on any atom is 0.274 e. The lowest BCUT2D eigenvalue weighted by Gasteiger charge is -2.32. The van der Waals surface area contributed by atoms with Gasteiger partial charge in [-0.1, -0.05) is 0 Å². The van der Waals surface area contributed by atoms with Gasteiger partial charge in [0.25, 0.3) is 5.91 Å². The monoisotopic (exact) mass is 259 g/mol. The van der Waals surface area contributed by atoms with E-state index in [1.165, 1.54) is 0 Å². The van der Waals surface area contributed by atoms with E-state index in [9.17, 15) is 4.79 Å². The topological polar surface area (TPSA) is 46.8 Å². The van der Waals surface area contributed by atoms with Gasteiger partial charge in [-0.25, -0.2) is 4.98 Å². The molecule has 19 heavy (non-hydrogen) atoms. The number of fused-ring (bicyclic) bond motifs is 1. The van der Waals surface area contributed by atoms with Gasteiger partial charge >= 0.3 is 0 Å². The number of nitrogens with zero attached hydrogens (tertiary/aromatic N) is 3. The number of rotatable bonds is 1. The standard InChI is InChI=1S/C14H17N3O2/c1-10-3-4-16-8-12(15-13(16)7-10)14(18)17-5-6-19-9-11(17)2/h3-4,7-8,11H,5-6,9H2,1-2H3. The Bertz CT molecular complexity index is 620. The molecule has 1 aliphatic rings. The molecule has 3 heterocycles. The van der Waals surface area contributed by atoms with Crippen LogP contribution < -0.4 is 0 Å². The van der Waals surface area contributed by atoms with Gasteiger partial charge in [0.15, 0.2) is 0 Å². The lowest BCUT2D eigenvalue weighted by molar-refractivity contribution is 0.00331. The number of hydrogen-bond acceptors (Lipinski definition) is 3. The molecule has 0 bridgehead atoms. The molecule has 1 aliphatic heterocycles. The minimum absolute atomic E-state index is 0.0165. The Kier molecular flexibility index (Phi) is 2.98. The Morgan fingerprint density at radius 1 is 1.53 bits per heavy atom. The third-order valence-corrected chi connectivity index (χ3v) is 3.46. The smallest absolute Gasteiger partial charge is 0.274 e. The van der Waals surface area contributed by atoms with Gasteiger partial charge in [-0.3, -0.25) is 4.79 Å². The first-order valence-electron chi connectivity index (χ1n) is 6.49. The number of morpholine rings is 1. The zero-order valence-electron chi connectivity index (χ0n) is 11.2. The molecule has 0 radical (unpaired) electrons. The third-order valence-electron chi connectivity index (χ3n) is 3.46. The van der Waals surface area contributed by atoms with Crippen LogP contribution in [-0.2, 0) is 4.74 Å². The largest absolute Gasteiger partial charge is 0.377 e. The molecule has 1 atom stereocenters. The normalized spacial score (nSPS) is 19.9. The lowest BCUT2D eigenvalue weighted by Crippen LogP contribution is -2.47. The van der Waals surface area contributed by atoms with Crippen LogP contribution in [0.3, 0.4) is 0 Å².